The Morgan fingerprint density at radius 2 is 1.74 bits per heavy atom. The summed E-state index contributed by atoms with van der Waals surface area (Å²) in [7, 11) is 0. The first-order chi connectivity index (χ1) is 15.0. The van der Waals surface area contributed by atoms with Crippen LogP contribution in [0, 0.1) is 0 Å². The van der Waals surface area contributed by atoms with Gasteiger partial charge in [-0.05, 0) is 48.1 Å². The van der Waals surface area contributed by atoms with Gasteiger partial charge in [-0.1, -0.05) is 30.0 Å². The number of hydrogen-bond acceptors (Lipinski definition) is 6. The number of hydrogen-bond donors (Lipinski definition) is 3. The highest BCUT2D eigenvalue weighted by Gasteiger charge is 2.28. The Bertz CT molecular complexity index is 942. The van der Waals surface area contributed by atoms with Crippen LogP contribution in [0.15, 0.2) is 69.3 Å². The van der Waals surface area contributed by atoms with E-state index in [1.807, 2.05) is 23.5 Å². The van der Waals surface area contributed by atoms with Crippen LogP contribution in [0.3, 0.4) is 0 Å². The van der Waals surface area contributed by atoms with Crippen LogP contribution in [-0.4, -0.2) is 59.5 Å². The summed E-state index contributed by atoms with van der Waals surface area (Å²) in [6.45, 7) is 4.48. The summed E-state index contributed by atoms with van der Waals surface area (Å²) in [5.74, 6) is -2.51. The minimum Gasteiger partial charge on any atom is -0.478 e. The van der Waals surface area contributed by atoms with Gasteiger partial charge in [0.2, 0.25) is 0 Å². The fraction of sp³-hybridized carbons (Fsp3) is 0.304. The van der Waals surface area contributed by atoms with Crippen LogP contribution in [0.25, 0.3) is 0 Å². The van der Waals surface area contributed by atoms with Crippen LogP contribution in [-0.2, 0) is 16.0 Å². The predicted molar refractivity (Wildman–Crippen MR) is 124 cm³/mol. The molecule has 2 aromatic rings. The molecule has 1 fully saturated rings. The molecule has 4 rings (SSSR count). The van der Waals surface area contributed by atoms with Crippen molar-refractivity contribution in [2.75, 3.05) is 32.4 Å². The second kappa shape index (κ2) is 11.4. The van der Waals surface area contributed by atoms with Crippen LogP contribution >= 0.6 is 23.5 Å². The minimum absolute atomic E-state index is 0.496. The Hall–Kier alpha value is -2.26. The molecule has 0 bridgehead atoms. The second-order valence-electron chi connectivity index (χ2n) is 7.13. The van der Waals surface area contributed by atoms with Crippen LogP contribution in [0.1, 0.15) is 17.2 Å². The van der Waals surface area contributed by atoms with E-state index in [9.17, 15) is 9.59 Å². The number of carboxylic acid groups (broad SMARTS) is 2. The van der Waals surface area contributed by atoms with Crippen LogP contribution in [0.4, 0.5) is 0 Å². The number of piperazine rings is 1. The lowest BCUT2D eigenvalue weighted by Crippen LogP contribution is -2.45. The molecule has 164 valence electrons. The number of nitrogens with zero attached hydrogens (tertiary/aromatic N) is 1. The molecule has 8 heteroatoms. The van der Waals surface area contributed by atoms with E-state index in [1.165, 1.54) is 25.8 Å². The quantitative estimate of drug-likeness (QED) is 0.471. The molecular weight excluding hydrogens is 432 g/mol. The normalized spacial score (nSPS) is 18.3. The van der Waals surface area contributed by atoms with Crippen molar-refractivity contribution < 1.29 is 19.8 Å². The van der Waals surface area contributed by atoms with Crippen molar-refractivity contribution in [3.05, 3.63) is 65.7 Å². The highest BCUT2D eigenvalue weighted by atomic mass is 32.2. The molecule has 0 spiro atoms. The highest BCUT2D eigenvalue weighted by Crippen LogP contribution is 2.43. The lowest BCUT2D eigenvalue weighted by atomic mass is 9.97. The number of fused-ring (bicyclic) bond motifs is 2. The van der Waals surface area contributed by atoms with E-state index < -0.39 is 11.9 Å². The van der Waals surface area contributed by atoms with Gasteiger partial charge in [-0.3, -0.25) is 4.90 Å². The van der Waals surface area contributed by atoms with Crippen molar-refractivity contribution in [3.63, 3.8) is 0 Å². The molecule has 2 aliphatic rings. The van der Waals surface area contributed by atoms with Crippen molar-refractivity contribution in [2.24, 2.45) is 0 Å². The van der Waals surface area contributed by atoms with Gasteiger partial charge in [0.15, 0.2) is 0 Å². The lowest BCUT2D eigenvalue weighted by Gasteiger charge is -2.35. The zero-order valence-corrected chi connectivity index (χ0v) is 18.9. The fourth-order valence-corrected chi connectivity index (χ4v) is 5.24. The topological polar surface area (TPSA) is 89.9 Å². The molecule has 2 aromatic carbocycles. The van der Waals surface area contributed by atoms with Crippen LogP contribution in [0.2, 0.25) is 0 Å². The zero-order chi connectivity index (χ0) is 22.2. The van der Waals surface area contributed by atoms with E-state index in [2.05, 4.69) is 58.9 Å². The average Bonchev–Trinajstić information content (AvgIpc) is 2.95. The smallest absolute Gasteiger partial charge is 0.328 e. The first kappa shape index (κ1) is 23.4. The molecule has 6 nitrogen and oxygen atoms in total. The molecule has 0 amide bonds. The third-order valence-corrected chi connectivity index (χ3v) is 7.08. The molecule has 1 saturated heterocycles. The number of benzene rings is 2. The van der Waals surface area contributed by atoms with E-state index >= 15 is 0 Å². The van der Waals surface area contributed by atoms with Gasteiger partial charge in [-0.25, -0.2) is 9.59 Å². The summed E-state index contributed by atoms with van der Waals surface area (Å²) < 4.78 is 0. The molecule has 1 unspecified atom stereocenters. The van der Waals surface area contributed by atoms with Gasteiger partial charge in [0.05, 0.1) is 0 Å². The van der Waals surface area contributed by atoms with Crippen molar-refractivity contribution in [3.8, 4) is 0 Å². The molecule has 0 aromatic heterocycles. The summed E-state index contributed by atoms with van der Waals surface area (Å²) in [5.41, 5.74) is 3.00. The molecule has 3 N–H and O–H groups in total. The van der Waals surface area contributed by atoms with Crippen LogP contribution in [0.5, 0.6) is 0 Å². The van der Waals surface area contributed by atoms with Gasteiger partial charge < -0.3 is 15.5 Å². The summed E-state index contributed by atoms with van der Waals surface area (Å²) in [4.78, 5) is 26.0. The van der Waals surface area contributed by atoms with E-state index in [4.69, 9.17) is 10.2 Å². The Morgan fingerprint density at radius 1 is 1.06 bits per heavy atom. The summed E-state index contributed by atoms with van der Waals surface area (Å²) >= 11 is 3.78. The van der Waals surface area contributed by atoms with E-state index in [1.54, 1.807) is 0 Å². The number of aliphatic carboxylic acids is 2. The molecule has 2 aliphatic heterocycles. The number of carbonyl (C=O) groups is 2. The maximum absolute atomic E-state index is 9.55. The number of carboxylic acids is 2. The molecular formula is C23H26N2O4S2. The number of rotatable bonds is 4. The van der Waals surface area contributed by atoms with E-state index in [0.29, 0.717) is 18.2 Å². The Morgan fingerprint density at radius 3 is 2.39 bits per heavy atom. The standard InChI is InChI=1S/C19H22N2S2.C4H4O4/c1-22-15-6-7-19-16(13-15)17(21-10-8-20-9-11-21)12-14-4-2-3-5-18(14)23-19;5-3(6)1-2-4(7)8/h2-7,13,17,20H,8-12H2,1H3;1-2H,(H,5,6)(H,7,8)/b;2-1+. The van der Waals surface area contributed by atoms with Gasteiger partial charge in [0.1, 0.15) is 0 Å². The molecule has 0 saturated carbocycles. The van der Waals surface area contributed by atoms with Crippen molar-refractivity contribution >= 4 is 35.5 Å². The maximum Gasteiger partial charge on any atom is 0.328 e. The third-order valence-electron chi connectivity index (χ3n) is 5.14. The van der Waals surface area contributed by atoms with Gasteiger partial charge in [0, 0.05) is 59.1 Å². The lowest BCUT2D eigenvalue weighted by molar-refractivity contribution is -0.134. The van der Waals surface area contributed by atoms with Gasteiger partial charge >= 0.3 is 11.9 Å². The van der Waals surface area contributed by atoms with Gasteiger partial charge in [-0.15, -0.1) is 11.8 Å². The van der Waals surface area contributed by atoms with E-state index in [0.717, 1.165) is 32.6 Å². The second-order valence-corrected chi connectivity index (χ2v) is 9.09. The predicted octanol–water partition coefficient (Wildman–Crippen LogP) is 3.77. The highest BCUT2D eigenvalue weighted by molar-refractivity contribution is 7.99. The summed E-state index contributed by atoms with van der Waals surface area (Å²) in [5, 5.41) is 19.1. The molecule has 31 heavy (non-hydrogen) atoms. The maximum atomic E-state index is 9.55. The monoisotopic (exact) mass is 458 g/mol. The average molecular weight is 459 g/mol. The minimum atomic E-state index is -1.26. The van der Waals surface area contributed by atoms with Crippen molar-refractivity contribution in [1.29, 1.82) is 0 Å². The first-order valence-electron chi connectivity index (χ1n) is 10.0. The van der Waals surface area contributed by atoms with E-state index in [-0.39, 0.29) is 0 Å². The first-order valence-corrected chi connectivity index (χ1v) is 12.0. The summed E-state index contributed by atoms with van der Waals surface area (Å²) in [6.07, 6.45) is 4.40. The number of nitrogens with one attached hydrogen (secondary N) is 1. The Balaban J connectivity index is 0.000000293. The SMILES string of the molecule is CSc1ccc2c(c1)C(N1CCNCC1)Cc1ccccc1S2.O=C(O)/C=C/C(=O)O. The number of thioether (sulfide) groups is 1. The Kier molecular flexibility index (Phi) is 8.60. The van der Waals surface area contributed by atoms with Gasteiger partial charge in [0.25, 0.3) is 0 Å². The van der Waals surface area contributed by atoms with Crippen molar-refractivity contribution in [2.45, 2.75) is 27.1 Å². The molecule has 0 aliphatic carbocycles. The largest absolute Gasteiger partial charge is 0.478 e. The fourth-order valence-electron chi connectivity index (χ4n) is 3.68. The molecule has 2 heterocycles. The molecule has 0 radical (unpaired) electrons. The van der Waals surface area contributed by atoms with Crippen molar-refractivity contribution in [1.82, 2.24) is 10.2 Å². The van der Waals surface area contributed by atoms with Gasteiger partial charge in [-0.2, -0.15) is 0 Å². The summed E-state index contributed by atoms with van der Waals surface area (Å²) in [6, 6.07) is 16.4. The third kappa shape index (κ3) is 6.61. The van der Waals surface area contributed by atoms with Crippen LogP contribution < -0.4 is 5.32 Å². The zero-order valence-electron chi connectivity index (χ0n) is 17.3. The Labute approximate surface area is 190 Å². The molecule has 1 atom stereocenters.